The van der Waals surface area contributed by atoms with Gasteiger partial charge in [-0.05, 0) is 60.7 Å². The van der Waals surface area contributed by atoms with E-state index in [0.29, 0.717) is 50.0 Å². The lowest BCUT2D eigenvalue weighted by molar-refractivity contribution is -0.139. The summed E-state index contributed by atoms with van der Waals surface area (Å²) in [5.41, 5.74) is 3.53. The Labute approximate surface area is 263 Å². The predicted octanol–water partition coefficient (Wildman–Crippen LogP) is 6.40. The van der Waals surface area contributed by atoms with Gasteiger partial charge in [-0.15, -0.1) is 0 Å². The van der Waals surface area contributed by atoms with Crippen LogP contribution >= 0.6 is 22.9 Å². The van der Waals surface area contributed by atoms with Crippen LogP contribution in [-0.2, 0) is 14.3 Å². The van der Waals surface area contributed by atoms with Crippen LogP contribution in [0, 0.1) is 0 Å². The zero-order valence-electron chi connectivity index (χ0n) is 25.2. The standard InChI is InChI=1S/C34H33ClN2O6S/c1-6-8-26-29(33(40)42-7-2)30(21-11-9-20(10-12-21)19(3)4)37-31(38)28(44-34(37)36-26)18-23-14-16-27(43-23)22-13-15-25(35)24(17-22)32(39)41-5/h9-19,30H,6-8H2,1-5H3/b28-18-/t30-/m1/s1. The highest BCUT2D eigenvalue weighted by Gasteiger charge is 2.34. The van der Waals surface area contributed by atoms with E-state index in [9.17, 15) is 14.4 Å². The fourth-order valence-electron chi connectivity index (χ4n) is 5.16. The molecular weight excluding hydrogens is 600 g/mol. The summed E-state index contributed by atoms with van der Waals surface area (Å²) in [7, 11) is 1.29. The van der Waals surface area contributed by atoms with Gasteiger partial charge in [-0.2, -0.15) is 0 Å². The zero-order chi connectivity index (χ0) is 31.5. The smallest absolute Gasteiger partial charge is 0.339 e. The molecule has 4 aromatic rings. The molecule has 0 bridgehead atoms. The van der Waals surface area contributed by atoms with E-state index in [4.69, 9.17) is 30.5 Å². The lowest BCUT2D eigenvalue weighted by Gasteiger charge is -2.26. The summed E-state index contributed by atoms with van der Waals surface area (Å²) in [6, 6.07) is 15.8. The molecule has 0 N–H and O–H groups in total. The van der Waals surface area contributed by atoms with E-state index in [1.807, 2.05) is 31.2 Å². The summed E-state index contributed by atoms with van der Waals surface area (Å²) in [4.78, 5) is 44.9. The molecule has 10 heteroatoms. The van der Waals surface area contributed by atoms with Gasteiger partial charge in [0, 0.05) is 11.6 Å². The first-order valence-corrected chi connectivity index (χ1v) is 15.7. The summed E-state index contributed by atoms with van der Waals surface area (Å²) in [5, 5.41) is 0.270. The number of ether oxygens (including phenoxy) is 2. The topological polar surface area (TPSA) is 100 Å². The predicted molar refractivity (Wildman–Crippen MR) is 171 cm³/mol. The molecule has 2 aromatic heterocycles. The molecule has 1 aliphatic heterocycles. The van der Waals surface area contributed by atoms with Crippen LogP contribution in [0.5, 0.6) is 0 Å². The average Bonchev–Trinajstić information content (AvgIpc) is 3.60. The SMILES string of the molecule is CCCC1=C(C(=O)OCC)[C@@H](c2ccc(C(C)C)cc2)n2c(s/c(=C\c3ccc(-c4ccc(Cl)c(C(=O)OC)c4)o3)c2=O)=N1. The first-order chi connectivity index (χ1) is 21.2. The second-order valence-corrected chi connectivity index (χ2v) is 12.0. The summed E-state index contributed by atoms with van der Waals surface area (Å²) in [6.45, 7) is 8.23. The van der Waals surface area contributed by atoms with Crippen molar-refractivity contribution in [2.24, 2.45) is 4.99 Å². The Hall–Kier alpha value is -4.21. The molecule has 1 atom stereocenters. The molecule has 0 unspecified atom stereocenters. The van der Waals surface area contributed by atoms with Gasteiger partial charge in [0.05, 0.1) is 46.1 Å². The minimum absolute atomic E-state index is 0.209. The molecule has 0 spiro atoms. The molecule has 0 fully saturated rings. The van der Waals surface area contributed by atoms with Gasteiger partial charge < -0.3 is 13.9 Å². The first kappa shape index (κ1) is 31.2. The Bertz CT molecular complexity index is 1930. The van der Waals surface area contributed by atoms with Gasteiger partial charge >= 0.3 is 11.9 Å². The van der Waals surface area contributed by atoms with Crippen molar-refractivity contribution in [1.82, 2.24) is 4.57 Å². The number of hydrogen-bond acceptors (Lipinski definition) is 8. The highest BCUT2D eigenvalue weighted by Crippen LogP contribution is 2.33. The van der Waals surface area contributed by atoms with Crippen molar-refractivity contribution in [2.45, 2.75) is 52.5 Å². The van der Waals surface area contributed by atoms with E-state index in [-0.39, 0.29) is 22.8 Å². The van der Waals surface area contributed by atoms with Crippen LogP contribution in [0.25, 0.3) is 17.4 Å². The number of carbonyl (C=O) groups is 2. The number of thiazole rings is 1. The number of hydrogen-bond donors (Lipinski definition) is 0. The number of carbonyl (C=O) groups excluding carboxylic acids is 2. The Morgan fingerprint density at radius 1 is 1.09 bits per heavy atom. The van der Waals surface area contributed by atoms with Crippen molar-refractivity contribution in [1.29, 1.82) is 0 Å². The largest absolute Gasteiger partial charge is 0.465 e. The van der Waals surface area contributed by atoms with E-state index >= 15 is 0 Å². The summed E-state index contributed by atoms with van der Waals surface area (Å²) in [6.07, 6.45) is 3.00. The molecule has 0 amide bonds. The van der Waals surface area contributed by atoms with Crippen molar-refractivity contribution < 1.29 is 23.5 Å². The fraction of sp³-hybridized carbons (Fsp3) is 0.294. The van der Waals surface area contributed by atoms with Crippen molar-refractivity contribution in [3.63, 3.8) is 0 Å². The van der Waals surface area contributed by atoms with Crippen LogP contribution in [0.15, 0.2) is 80.1 Å². The molecule has 0 radical (unpaired) electrons. The third-order valence-electron chi connectivity index (χ3n) is 7.37. The van der Waals surface area contributed by atoms with Crippen LogP contribution in [0.2, 0.25) is 5.02 Å². The Morgan fingerprint density at radius 3 is 2.50 bits per heavy atom. The normalized spacial score (nSPS) is 14.9. The van der Waals surface area contributed by atoms with Gasteiger partial charge in [0.15, 0.2) is 4.80 Å². The summed E-state index contributed by atoms with van der Waals surface area (Å²) in [5.74, 6) is 0.236. The number of rotatable bonds is 9. The maximum Gasteiger partial charge on any atom is 0.339 e. The maximum absolute atomic E-state index is 14.0. The highest BCUT2D eigenvalue weighted by molar-refractivity contribution is 7.07. The third kappa shape index (κ3) is 6.07. The van der Waals surface area contributed by atoms with E-state index in [1.54, 1.807) is 47.9 Å². The lowest BCUT2D eigenvalue weighted by Crippen LogP contribution is -2.40. The number of furan rings is 1. The van der Waals surface area contributed by atoms with E-state index in [2.05, 4.69) is 13.8 Å². The minimum atomic E-state index is -0.687. The maximum atomic E-state index is 14.0. The van der Waals surface area contributed by atoms with Crippen LogP contribution in [0.3, 0.4) is 0 Å². The molecule has 1 aliphatic rings. The monoisotopic (exact) mass is 632 g/mol. The molecule has 0 saturated heterocycles. The lowest BCUT2D eigenvalue weighted by atomic mass is 9.92. The number of benzene rings is 2. The molecule has 3 heterocycles. The van der Waals surface area contributed by atoms with E-state index in [0.717, 1.165) is 17.5 Å². The quantitative estimate of drug-likeness (QED) is 0.198. The van der Waals surface area contributed by atoms with Crippen molar-refractivity contribution in [2.75, 3.05) is 13.7 Å². The minimum Gasteiger partial charge on any atom is -0.465 e. The Balaban J connectivity index is 1.63. The number of fused-ring (bicyclic) bond motifs is 1. The van der Waals surface area contributed by atoms with Gasteiger partial charge in [0.25, 0.3) is 5.56 Å². The molecule has 228 valence electrons. The van der Waals surface area contributed by atoms with Crippen LogP contribution < -0.4 is 14.9 Å². The number of nitrogens with zero attached hydrogens (tertiary/aromatic N) is 2. The van der Waals surface area contributed by atoms with E-state index in [1.165, 1.54) is 18.4 Å². The number of methoxy groups -OCH3 is 1. The van der Waals surface area contributed by atoms with Crippen LogP contribution in [0.4, 0.5) is 0 Å². The molecule has 44 heavy (non-hydrogen) atoms. The highest BCUT2D eigenvalue weighted by atomic mass is 35.5. The van der Waals surface area contributed by atoms with Crippen molar-refractivity contribution in [3.8, 4) is 11.3 Å². The van der Waals surface area contributed by atoms with Gasteiger partial charge in [-0.1, -0.05) is 74.4 Å². The number of allylic oxidation sites excluding steroid dienone is 1. The van der Waals surface area contributed by atoms with Gasteiger partial charge in [0.2, 0.25) is 0 Å². The Kier molecular flexibility index (Phi) is 9.36. The van der Waals surface area contributed by atoms with Gasteiger partial charge in [0.1, 0.15) is 11.5 Å². The molecule has 8 nitrogen and oxygen atoms in total. The molecule has 0 saturated carbocycles. The summed E-state index contributed by atoms with van der Waals surface area (Å²) < 4.78 is 18.4. The van der Waals surface area contributed by atoms with Crippen molar-refractivity contribution >= 4 is 41.0 Å². The first-order valence-electron chi connectivity index (χ1n) is 14.5. The zero-order valence-corrected chi connectivity index (χ0v) is 26.8. The van der Waals surface area contributed by atoms with Crippen LogP contribution in [-0.4, -0.2) is 30.2 Å². The number of aromatic nitrogens is 1. The molecular formula is C34H33ClN2O6S. The third-order valence-corrected chi connectivity index (χ3v) is 8.68. The van der Waals surface area contributed by atoms with E-state index < -0.39 is 18.0 Å². The molecule has 5 rings (SSSR count). The Morgan fingerprint density at radius 2 is 1.84 bits per heavy atom. The second-order valence-electron chi connectivity index (χ2n) is 10.6. The van der Waals surface area contributed by atoms with Crippen molar-refractivity contribution in [3.05, 3.63) is 113 Å². The number of halogens is 1. The fourth-order valence-corrected chi connectivity index (χ4v) is 6.35. The van der Waals surface area contributed by atoms with Crippen LogP contribution in [0.1, 0.15) is 79.7 Å². The van der Waals surface area contributed by atoms with Gasteiger partial charge in [-0.3, -0.25) is 9.36 Å². The summed E-state index contributed by atoms with van der Waals surface area (Å²) >= 11 is 7.42. The average molecular weight is 633 g/mol. The molecule has 2 aromatic carbocycles. The van der Waals surface area contributed by atoms with Gasteiger partial charge in [-0.25, -0.2) is 14.6 Å². The number of esters is 2. The molecule has 0 aliphatic carbocycles. The second kappa shape index (κ2) is 13.2.